The van der Waals surface area contributed by atoms with E-state index in [1.54, 1.807) is 0 Å². The molecule has 1 unspecified atom stereocenters. The molecule has 0 rings (SSSR count). The van der Waals surface area contributed by atoms with E-state index in [-0.39, 0.29) is 12.5 Å². The van der Waals surface area contributed by atoms with E-state index >= 15 is 0 Å². The number of rotatable bonds is 18. The summed E-state index contributed by atoms with van der Waals surface area (Å²) in [7, 11) is 0. The number of unbranched alkanes of at least 4 members (excludes halogenated alkanes) is 10. The van der Waals surface area contributed by atoms with E-state index in [1.165, 1.54) is 64.2 Å². The highest BCUT2D eigenvalue weighted by Crippen LogP contribution is 2.18. The van der Waals surface area contributed by atoms with Gasteiger partial charge in [-0.15, -0.1) is 0 Å². The molecular weight excluding hydrogens is 300 g/mol. The normalized spacial score (nSPS) is 12.7. The third-order valence-electron chi connectivity index (χ3n) is 4.89. The molecule has 1 atom stereocenters. The van der Waals surface area contributed by atoms with Crippen LogP contribution in [0.3, 0.4) is 0 Å². The first-order valence-electron chi connectivity index (χ1n) is 10.4. The molecule has 0 aliphatic heterocycles. The van der Waals surface area contributed by atoms with Gasteiger partial charge >= 0.3 is 5.97 Å². The molecule has 0 aromatic carbocycles. The summed E-state index contributed by atoms with van der Waals surface area (Å²) in [5.74, 6) is -0.102. The van der Waals surface area contributed by atoms with Gasteiger partial charge in [0.05, 0.1) is 5.92 Å². The van der Waals surface area contributed by atoms with Gasteiger partial charge in [-0.05, 0) is 25.2 Å². The third-order valence-corrected chi connectivity index (χ3v) is 4.89. The van der Waals surface area contributed by atoms with Crippen LogP contribution >= 0.6 is 0 Å². The summed E-state index contributed by atoms with van der Waals surface area (Å²) in [6.45, 7) is 4.70. The van der Waals surface area contributed by atoms with Gasteiger partial charge in [0.2, 0.25) is 0 Å². The molecule has 144 valence electrons. The Labute approximate surface area is 150 Å². The van der Waals surface area contributed by atoms with Crippen molar-refractivity contribution in [2.24, 2.45) is 11.8 Å². The molecule has 0 amide bonds. The standard InChI is InChI=1S/C21H42O3/c1-19(2)15-12-10-8-6-4-3-5-7-9-11-13-16-20(21(23)24)17-14-18-22/h19-20,22H,3-18H2,1-2H3,(H,23,24). The Balaban J connectivity index is 3.28. The molecule has 0 bridgehead atoms. The minimum atomic E-state index is -0.697. The van der Waals surface area contributed by atoms with Crippen molar-refractivity contribution in [1.82, 2.24) is 0 Å². The van der Waals surface area contributed by atoms with Crippen LogP contribution in [-0.2, 0) is 4.79 Å². The van der Waals surface area contributed by atoms with Crippen molar-refractivity contribution in [1.29, 1.82) is 0 Å². The quantitative estimate of drug-likeness (QED) is 0.292. The van der Waals surface area contributed by atoms with Gasteiger partial charge in [-0.25, -0.2) is 0 Å². The molecule has 0 spiro atoms. The molecule has 0 radical (unpaired) electrons. The second-order valence-electron chi connectivity index (χ2n) is 7.76. The van der Waals surface area contributed by atoms with Gasteiger partial charge in [0, 0.05) is 6.61 Å². The van der Waals surface area contributed by atoms with Crippen LogP contribution in [-0.4, -0.2) is 22.8 Å². The molecule has 0 aliphatic rings. The van der Waals surface area contributed by atoms with Crippen molar-refractivity contribution in [3.63, 3.8) is 0 Å². The van der Waals surface area contributed by atoms with Crippen molar-refractivity contribution < 1.29 is 15.0 Å². The summed E-state index contributed by atoms with van der Waals surface area (Å²) in [6, 6.07) is 0. The first-order chi connectivity index (χ1) is 11.6. The third kappa shape index (κ3) is 16.3. The zero-order chi connectivity index (χ0) is 18.0. The lowest BCUT2D eigenvalue weighted by molar-refractivity contribution is -0.142. The number of aliphatic carboxylic acids is 1. The first-order valence-corrected chi connectivity index (χ1v) is 10.4. The number of aliphatic hydroxyl groups is 1. The maximum atomic E-state index is 11.1. The Morgan fingerprint density at radius 2 is 1.04 bits per heavy atom. The summed E-state index contributed by atoms with van der Waals surface area (Å²) < 4.78 is 0. The summed E-state index contributed by atoms with van der Waals surface area (Å²) in [5.41, 5.74) is 0. The molecule has 0 saturated carbocycles. The average molecular weight is 343 g/mol. The predicted octanol–water partition coefficient (Wildman–Crippen LogP) is 6.19. The Bertz CT molecular complexity index is 276. The minimum absolute atomic E-state index is 0.0987. The van der Waals surface area contributed by atoms with E-state index in [0.717, 1.165) is 25.2 Å². The van der Waals surface area contributed by atoms with E-state index in [1.807, 2.05) is 0 Å². The molecule has 3 nitrogen and oxygen atoms in total. The van der Waals surface area contributed by atoms with Crippen molar-refractivity contribution in [3.05, 3.63) is 0 Å². The minimum Gasteiger partial charge on any atom is -0.481 e. The second-order valence-corrected chi connectivity index (χ2v) is 7.76. The van der Waals surface area contributed by atoms with E-state index < -0.39 is 5.97 Å². The number of carbonyl (C=O) groups is 1. The molecule has 2 N–H and O–H groups in total. The highest BCUT2D eigenvalue weighted by atomic mass is 16.4. The molecule has 0 heterocycles. The number of aliphatic hydroxyl groups excluding tert-OH is 1. The SMILES string of the molecule is CC(C)CCCCCCCCCCCCCC(CCCO)C(=O)O. The van der Waals surface area contributed by atoms with Crippen LogP contribution in [0.5, 0.6) is 0 Å². The molecule has 24 heavy (non-hydrogen) atoms. The number of hydrogen-bond acceptors (Lipinski definition) is 2. The lowest BCUT2D eigenvalue weighted by atomic mass is 9.96. The maximum absolute atomic E-state index is 11.1. The van der Waals surface area contributed by atoms with Crippen molar-refractivity contribution in [3.8, 4) is 0 Å². The molecule has 0 saturated heterocycles. The van der Waals surface area contributed by atoms with Gasteiger partial charge in [0.25, 0.3) is 0 Å². The van der Waals surface area contributed by atoms with Gasteiger partial charge in [-0.2, -0.15) is 0 Å². The molecule has 0 aromatic heterocycles. The van der Waals surface area contributed by atoms with Crippen molar-refractivity contribution >= 4 is 5.97 Å². The van der Waals surface area contributed by atoms with Crippen LogP contribution in [0.4, 0.5) is 0 Å². The Morgan fingerprint density at radius 1 is 0.667 bits per heavy atom. The van der Waals surface area contributed by atoms with Crippen LogP contribution in [0.15, 0.2) is 0 Å². The average Bonchev–Trinajstić information content (AvgIpc) is 2.53. The van der Waals surface area contributed by atoms with Gasteiger partial charge in [0.1, 0.15) is 0 Å². The second kappa shape index (κ2) is 17.3. The van der Waals surface area contributed by atoms with Crippen LogP contribution in [0.2, 0.25) is 0 Å². The van der Waals surface area contributed by atoms with Gasteiger partial charge in [-0.3, -0.25) is 4.79 Å². The van der Waals surface area contributed by atoms with Crippen LogP contribution in [0, 0.1) is 11.8 Å². The largest absolute Gasteiger partial charge is 0.481 e. The number of carboxylic acid groups (broad SMARTS) is 1. The summed E-state index contributed by atoms with van der Waals surface area (Å²) in [6.07, 6.45) is 17.7. The van der Waals surface area contributed by atoms with Crippen molar-refractivity contribution in [2.75, 3.05) is 6.61 Å². The fourth-order valence-electron chi connectivity index (χ4n) is 3.26. The monoisotopic (exact) mass is 342 g/mol. The smallest absolute Gasteiger partial charge is 0.306 e. The fourth-order valence-corrected chi connectivity index (χ4v) is 3.26. The zero-order valence-corrected chi connectivity index (χ0v) is 16.3. The molecule has 0 fully saturated rings. The van der Waals surface area contributed by atoms with Crippen molar-refractivity contribution in [2.45, 2.75) is 110 Å². The van der Waals surface area contributed by atoms with Gasteiger partial charge in [-0.1, -0.05) is 90.9 Å². The van der Waals surface area contributed by atoms with Crippen LogP contribution in [0.25, 0.3) is 0 Å². The highest BCUT2D eigenvalue weighted by Gasteiger charge is 2.15. The lowest BCUT2D eigenvalue weighted by Gasteiger charge is -2.11. The lowest BCUT2D eigenvalue weighted by Crippen LogP contribution is -2.14. The van der Waals surface area contributed by atoms with Crippen LogP contribution in [0.1, 0.15) is 110 Å². The summed E-state index contributed by atoms with van der Waals surface area (Å²) in [5, 5.41) is 17.9. The summed E-state index contributed by atoms with van der Waals surface area (Å²) >= 11 is 0. The Kier molecular flexibility index (Phi) is 16.8. The molecule has 3 heteroatoms. The van der Waals surface area contributed by atoms with Gasteiger partial charge in [0.15, 0.2) is 0 Å². The first kappa shape index (κ1) is 23.4. The molecule has 0 aromatic rings. The Morgan fingerprint density at radius 3 is 1.42 bits per heavy atom. The van der Waals surface area contributed by atoms with Gasteiger partial charge < -0.3 is 10.2 Å². The van der Waals surface area contributed by atoms with E-state index in [2.05, 4.69) is 13.8 Å². The summed E-state index contributed by atoms with van der Waals surface area (Å²) in [4.78, 5) is 11.1. The van der Waals surface area contributed by atoms with E-state index in [4.69, 9.17) is 10.2 Å². The highest BCUT2D eigenvalue weighted by molar-refractivity contribution is 5.69. The maximum Gasteiger partial charge on any atom is 0.306 e. The molecular formula is C21H42O3. The molecule has 0 aliphatic carbocycles. The Hall–Kier alpha value is -0.570. The van der Waals surface area contributed by atoms with E-state index in [0.29, 0.717) is 12.8 Å². The predicted molar refractivity (Wildman–Crippen MR) is 102 cm³/mol. The van der Waals surface area contributed by atoms with E-state index in [9.17, 15) is 4.79 Å². The van der Waals surface area contributed by atoms with Crippen LogP contribution < -0.4 is 0 Å². The zero-order valence-electron chi connectivity index (χ0n) is 16.3. The topological polar surface area (TPSA) is 57.5 Å². The number of hydrogen-bond donors (Lipinski definition) is 2. The fraction of sp³-hybridized carbons (Fsp3) is 0.952. The number of carboxylic acids is 1.